The van der Waals surface area contributed by atoms with E-state index in [0.717, 1.165) is 35.8 Å². The average molecular weight is 245 g/mol. The molecule has 0 aromatic heterocycles. The predicted octanol–water partition coefficient (Wildman–Crippen LogP) is 2.91. The van der Waals surface area contributed by atoms with Gasteiger partial charge in [-0.05, 0) is 44.2 Å². The van der Waals surface area contributed by atoms with Crippen molar-refractivity contribution in [2.45, 2.75) is 33.1 Å². The molecule has 1 aromatic rings. The normalized spacial score (nSPS) is 20.6. The average Bonchev–Trinajstić information content (AvgIpc) is 2.54. The van der Waals surface area contributed by atoms with Crippen LogP contribution in [0.2, 0.25) is 0 Å². The van der Waals surface area contributed by atoms with Crippen LogP contribution in [0.25, 0.3) is 0 Å². The Hall–Kier alpha value is -1.51. The summed E-state index contributed by atoms with van der Waals surface area (Å²) in [6.07, 6.45) is 3.76. The third kappa shape index (κ3) is 2.84. The Bertz CT molecular complexity index is 439. The molecule has 2 rings (SSSR count). The van der Waals surface area contributed by atoms with Crippen molar-refractivity contribution in [2.24, 2.45) is 11.7 Å². The predicted molar refractivity (Wildman–Crippen MR) is 77.4 cm³/mol. The van der Waals surface area contributed by atoms with Gasteiger partial charge in [-0.3, -0.25) is 5.41 Å². The van der Waals surface area contributed by atoms with Crippen LogP contribution >= 0.6 is 0 Å². The third-order valence-corrected chi connectivity index (χ3v) is 3.80. The van der Waals surface area contributed by atoms with Gasteiger partial charge in [0.1, 0.15) is 5.84 Å². The lowest BCUT2D eigenvalue weighted by Crippen LogP contribution is -2.27. The summed E-state index contributed by atoms with van der Waals surface area (Å²) in [7, 11) is 0. The summed E-state index contributed by atoms with van der Waals surface area (Å²) in [6.45, 7) is 6.52. The number of nitrogens with two attached hydrogens (primary N) is 1. The first-order valence-electron chi connectivity index (χ1n) is 6.78. The molecular formula is C15H23N3. The van der Waals surface area contributed by atoms with E-state index < -0.39 is 0 Å². The first kappa shape index (κ1) is 12.9. The lowest BCUT2D eigenvalue weighted by Gasteiger charge is -2.25. The van der Waals surface area contributed by atoms with E-state index in [1.807, 2.05) is 13.0 Å². The maximum absolute atomic E-state index is 7.74. The van der Waals surface area contributed by atoms with E-state index in [4.69, 9.17) is 11.1 Å². The van der Waals surface area contributed by atoms with E-state index in [0.29, 0.717) is 0 Å². The molecule has 1 aliphatic rings. The monoisotopic (exact) mass is 245 g/mol. The molecule has 1 atom stereocenters. The second-order valence-electron chi connectivity index (χ2n) is 5.46. The van der Waals surface area contributed by atoms with Gasteiger partial charge in [0.05, 0.1) is 0 Å². The summed E-state index contributed by atoms with van der Waals surface area (Å²) in [6, 6.07) is 6.24. The van der Waals surface area contributed by atoms with Crippen molar-refractivity contribution >= 4 is 11.5 Å². The van der Waals surface area contributed by atoms with E-state index in [2.05, 4.69) is 24.0 Å². The number of rotatable bonds is 2. The molecule has 0 saturated carbocycles. The number of anilines is 1. The van der Waals surface area contributed by atoms with Crippen molar-refractivity contribution in [3.05, 3.63) is 29.3 Å². The van der Waals surface area contributed by atoms with Gasteiger partial charge < -0.3 is 10.6 Å². The van der Waals surface area contributed by atoms with Gasteiger partial charge in [0.2, 0.25) is 0 Å². The second kappa shape index (κ2) is 5.42. The Morgan fingerprint density at radius 1 is 1.33 bits per heavy atom. The van der Waals surface area contributed by atoms with Gasteiger partial charge in [0, 0.05) is 24.3 Å². The molecule has 3 heteroatoms. The number of benzene rings is 1. The molecule has 98 valence electrons. The lowest BCUT2D eigenvalue weighted by atomic mass is 10.0. The zero-order valence-corrected chi connectivity index (χ0v) is 11.4. The molecule has 0 radical (unpaired) electrons. The van der Waals surface area contributed by atoms with E-state index in [1.165, 1.54) is 19.3 Å². The minimum absolute atomic E-state index is 0.172. The van der Waals surface area contributed by atoms with Crippen LogP contribution in [0.3, 0.4) is 0 Å². The lowest BCUT2D eigenvalue weighted by molar-refractivity contribution is 0.521. The molecular weight excluding hydrogens is 222 g/mol. The van der Waals surface area contributed by atoms with Crippen LogP contribution in [0.4, 0.5) is 5.69 Å². The number of amidine groups is 1. The zero-order chi connectivity index (χ0) is 13.1. The summed E-state index contributed by atoms with van der Waals surface area (Å²) >= 11 is 0. The molecule has 1 unspecified atom stereocenters. The smallest absolute Gasteiger partial charge is 0.124 e. The van der Waals surface area contributed by atoms with Gasteiger partial charge in [-0.15, -0.1) is 0 Å². The minimum atomic E-state index is 0.172. The number of hydrogen-bond acceptors (Lipinski definition) is 2. The first-order chi connectivity index (χ1) is 8.58. The van der Waals surface area contributed by atoms with Crippen molar-refractivity contribution in [1.29, 1.82) is 5.41 Å². The molecule has 0 aliphatic carbocycles. The fraction of sp³-hybridized carbons (Fsp3) is 0.533. The fourth-order valence-corrected chi connectivity index (χ4v) is 2.65. The molecule has 1 heterocycles. The van der Waals surface area contributed by atoms with Crippen LogP contribution in [-0.2, 0) is 0 Å². The zero-order valence-electron chi connectivity index (χ0n) is 11.4. The van der Waals surface area contributed by atoms with Gasteiger partial charge in [0.15, 0.2) is 0 Å². The van der Waals surface area contributed by atoms with Crippen LogP contribution in [0, 0.1) is 18.3 Å². The van der Waals surface area contributed by atoms with Crippen LogP contribution in [-0.4, -0.2) is 18.9 Å². The van der Waals surface area contributed by atoms with Crippen molar-refractivity contribution < 1.29 is 0 Å². The Balaban J connectivity index is 2.29. The maximum Gasteiger partial charge on any atom is 0.124 e. The second-order valence-corrected chi connectivity index (χ2v) is 5.46. The summed E-state index contributed by atoms with van der Waals surface area (Å²) in [4.78, 5) is 2.39. The number of aryl methyl sites for hydroxylation is 1. The molecule has 1 fully saturated rings. The molecule has 0 amide bonds. The number of nitrogens with one attached hydrogen (secondary N) is 1. The standard InChI is InChI=1S/C15H23N3/c1-11-4-3-8-18(9-7-11)14-6-5-12(2)10-13(14)15(16)17/h5-6,10-11H,3-4,7-9H2,1-2H3,(H3,16,17). The van der Waals surface area contributed by atoms with E-state index in [-0.39, 0.29) is 5.84 Å². The van der Waals surface area contributed by atoms with Crippen molar-refractivity contribution in [1.82, 2.24) is 0 Å². The van der Waals surface area contributed by atoms with Gasteiger partial charge in [-0.1, -0.05) is 18.6 Å². The highest BCUT2D eigenvalue weighted by atomic mass is 15.1. The molecule has 18 heavy (non-hydrogen) atoms. The molecule has 1 aromatic carbocycles. The largest absolute Gasteiger partial charge is 0.384 e. The van der Waals surface area contributed by atoms with E-state index in [9.17, 15) is 0 Å². The Morgan fingerprint density at radius 3 is 2.83 bits per heavy atom. The first-order valence-corrected chi connectivity index (χ1v) is 6.78. The quantitative estimate of drug-likeness (QED) is 0.622. The van der Waals surface area contributed by atoms with Crippen molar-refractivity contribution in [3.63, 3.8) is 0 Å². The van der Waals surface area contributed by atoms with Gasteiger partial charge in [-0.2, -0.15) is 0 Å². The summed E-state index contributed by atoms with van der Waals surface area (Å²) in [5.41, 5.74) is 8.88. The van der Waals surface area contributed by atoms with Crippen LogP contribution in [0.15, 0.2) is 18.2 Å². The Morgan fingerprint density at radius 2 is 2.11 bits per heavy atom. The van der Waals surface area contributed by atoms with Crippen molar-refractivity contribution in [3.8, 4) is 0 Å². The topological polar surface area (TPSA) is 53.1 Å². The highest BCUT2D eigenvalue weighted by molar-refractivity contribution is 6.00. The molecule has 0 bridgehead atoms. The van der Waals surface area contributed by atoms with Gasteiger partial charge >= 0.3 is 0 Å². The van der Waals surface area contributed by atoms with E-state index >= 15 is 0 Å². The summed E-state index contributed by atoms with van der Waals surface area (Å²) < 4.78 is 0. The van der Waals surface area contributed by atoms with Crippen molar-refractivity contribution in [2.75, 3.05) is 18.0 Å². The SMILES string of the molecule is Cc1ccc(N2CCCC(C)CC2)c(C(=N)N)c1. The van der Waals surface area contributed by atoms with Crippen LogP contribution < -0.4 is 10.6 Å². The molecule has 1 aliphatic heterocycles. The Labute approximate surface area is 109 Å². The fourth-order valence-electron chi connectivity index (χ4n) is 2.65. The molecule has 3 nitrogen and oxygen atoms in total. The third-order valence-electron chi connectivity index (χ3n) is 3.80. The maximum atomic E-state index is 7.74. The van der Waals surface area contributed by atoms with Crippen LogP contribution in [0.5, 0.6) is 0 Å². The summed E-state index contributed by atoms with van der Waals surface area (Å²) in [5, 5.41) is 7.74. The highest BCUT2D eigenvalue weighted by Crippen LogP contribution is 2.26. The number of nitrogen functional groups attached to an aromatic ring is 1. The molecule has 1 saturated heterocycles. The van der Waals surface area contributed by atoms with Gasteiger partial charge in [0.25, 0.3) is 0 Å². The minimum Gasteiger partial charge on any atom is -0.384 e. The molecule has 3 N–H and O–H groups in total. The molecule has 0 spiro atoms. The highest BCUT2D eigenvalue weighted by Gasteiger charge is 2.17. The summed E-state index contributed by atoms with van der Waals surface area (Å²) in [5.74, 6) is 0.979. The Kier molecular flexibility index (Phi) is 3.90. The number of nitrogens with zero attached hydrogens (tertiary/aromatic N) is 1. The van der Waals surface area contributed by atoms with E-state index in [1.54, 1.807) is 0 Å². The van der Waals surface area contributed by atoms with Crippen LogP contribution in [0.1, 0.15) is 37.3 Å². The van der Waals surface area contributed by atoms with Gasteiger partial charge in [-0.25, -0.2) is 0 Å². The number of hydrogen-bond donors (Lipinski definition) is 2.